The predicted octanol–water partition coefficient (Wildman–Crippen LogP) is 2.16. The summed E-state index contributed by atoms with van der Waals surface area (Å²) in [6.45, 7) is 12.2. The van der Waals surface area contributed by atoms with Crippen LogP contribution < -0.4 is 0 Å². The standard InChI is InChI=1S/C7H12O2.C4H6O2/c1-4-6(3)7(8)9-5-2;1-3(2)4(5)6/h3-5H2,1-2H3;1H2,2H3,(H,5,6). The maximum atomic E-state index is 10.7. The van der Waals surface area contributed by atoms with Crippen LogP contribution >= 0.6 is 0 Å². The lowest BCUT2D eigenvalue weighted by molar-refractivity contribution is -0.138. The molecule has 4 nitrogen and oxygen atoms in total. The van der Waals surface area contributed by atoms with Crippen LogP contribution in [0.3, 0.4) is 0 Å². The van der Waals surface area contributed by atoms with Crippen molar-refractivity contribution in [2.24, 2.45) is 0 Å². The molecule has 0 heterocycles. The molecule has 0 aliphatic rings. The number of aliphatic carboxylic acids is 1. The first-order valence-corrected chi connectivity index (χ1v) is 4.60. The lowest BCUT2D eigenvalue weighted by Crippen LogP contribution is -2.05. The molecule has 0 saturated carbocycles. The van der Waals surface area contributed by atoms with Crippen molar-refractivity contribution < 1.29 is 19.4 Å². The number of ether oxygens (including phenoxy) is 1. The van der Waals surface area contributed by atoms with Crippen LogP contribution in [0.25, 0.3) is 0 Å². The smallest absolute Gasteiger partial charge is 0.333 e. The van der Waals surface area contributed by atoms with E-state index in [0.29, 0.717) is 18.6 Å². The predicted molar refractivity (Wildman–Crippen MR) is 58.5 cm³/mol. The molecule has 0 atom stereocenters. The summed E-state index contributed by atoms with van der Waals surface area (Å²) < 4.78 is 4.66. The highest BCUT2D eigenvalue weighted by Gasteiger charge is 2.02. The largest absolute Gasteiger partial charge is 0.478 e. The van der Waals surface area contributed by atoms with Crippen LogP contribution in [0.1, 0.15) is 27.2 Å². The molecule has 15 heavy (non-hydrogen) atoms. The van der Waals surface area contributed by atoms with E-state index in [1.54, 1.807) is 6.92 Å². The van der Waals surface area contributed by atoms with Crippen molar-refractivity contribution in [3.05, 3.63) is 24.3 Å². The van der Waals surface area contributed by atoms with Gasteiger partial charge < -0.3 is 9.84 Å². The molecule has 0 aliphatic carbocycles. The summed E-state index contributed by atoms with van der Waals surface area (Å²) in [7, 11) is 0. The summed E-state index contributed by atoms with van der Waals surface area (Å²) in [5.74, 6) is -1.21. The van der Waals surface area contributed by atoms with Gasteiger partial charge in [0.1, 0.15) is 0 Å². The summed E-state index contributed by atoms with van der Waals surface area (Å²) in [5, 5.41) is 7.89. The number of rotatable bonds is 4. The van der Waals surface area contributed by atoms with Crippen LogP contribution in [0.4, 0.5) is 0 Å². The Morgan fingerprint density at radius 3 is 1.87 bits per heavy atom. The van der Waals surface area contributed by atoms with Crippen molar-refractivity contribution in [3.8, 4) is 0 Å². The molecule has 4 heteroatoms. The number of carboxylic acid groups (broad SMARTS) is 1. The molecule has 0 unspecified atom stereocenters. The molecule has 0 radical (unpaired) electrons. The highest BCUT2D eigenvalue weighted by Crippen LogP contribution is 1.98. The van der Waals surface area contributed by atoms with Crippen molar-refractivity contribution in [1.82, 2.24) is 0 Å². The lowest BCUT2D eigenvalue weighted by atomic mass is 10.2. The molecule has 0 aromatic rings. The minimum Gasteiger partial charge on any atom is -0.478 e. The molecule has 0 spiro atoms. The first kappa shape index (κ1) is 15.9. The quantitative estimate of drug-likeness (QED) is 0.575. The van der Waals surface area contributed by atoms with Crippen molar-refractivity contribution in [2.45, 2.75) is 27.2 Å². The summed E-state index contributed by atoms with van der Waals surface area (Å²) in [5.41, 5.74) is 0.715. The van der Waals surface area contributed by atoms with E-state index in [1.807, 2.05) is 6.92 Å². The molecule has 0 amide bonds. The van der Waals surface area contributed by atoms with Crippen LogP contribution in [0.5, 0.6) is 0 Å². The minimum atomic E-state index is -0.935. The maximum Gasteiger partial charge on any atom is 0.333 e. The maximum absolute atomic E-state index is 10.7. The normalized spacial score (nSPS) is 8.20. The average Bonchev–Trinajstić information content (AvgIpc) is 2.17. The number of hydrogen-bond donors (Lipinski definition) is 1. The van der Waals surface area contributed by atoms with E-state index in [9.17, 15) is 9.59 Å². The molecule has 0 saturated heterocycles. The van der Waals surface area contributed by atoms with E-state index < -0.39 is 5.97 Å². The third-order valence-corrected chi connectivity index (χ3v) is 1.36. The number of esters is 1. The first-order valence-electron chi connectivity index (χ1n) is 4.60. The van der Waals surface area contributed by atoms with Crippen LogP contribution in [-0.4, -0.2) is 23.7 Å². The molecule has 0 aliphatic heterocycles. The number of hydrogen-bond acceptors (Lipinski definition) is 3. The van der Waals surface area contributed by atoms with Crippen molar-refractivity contribution >= 4 is 11.9 Å². The van der Waals surface area contributed by atoms with Crippen molar-refractivity contribution in [1.29, 1.82) is 0 Å². The Morgan fingerprint density at radius 2 is 1.67 bits per heavy atom. The van der Waals surface area contributed by atoms with Gasteiger partial charge in [0, 0.05) is 11.1 Å². The fourth-order valence-corrected chi connectivity index (χ4v) is 0.377. The summed E-state index contributed by atoms with van der Waals surface area (Å²) in [6.07, 6.45) is 0.666. The zero-order valence-electron chi connectivity index (χ0n) is 9.50. The van der Waals surface area contributed by atoms with Crippen LogP contribution in [0.2, 0.25) is 0 Å². The fourth-order valence-electron chi connectivity index (χ4n) is 0.377. The van der Waals surface area contributed by atoms with E-state index in [2.05, 4.69) is 17.9 Å². The molecule has 86 valence electrons. The van der Waals surface area contributed by atoms with Gasteiger partial charge in [-0.15, -0.1) is 0 Å². The van der Waals surface area contributed by atoms with E-state index >= 15 is 0 Å². The second-order valence-corrected chi connectivity index (χ2v) is 2.76. The number of carboxylic acids is 1. The van der Waals surface area contributed by atoms with Crippen LogP contribution in [0.15, 0.2) is 24.3 Å². The lowest BCUT2D eigenvalue weighted by Gasteiger charge is -1.99. The van der Waals surface area contributed by atoms with Gasteiger partial charge in [0.05, 0.1) is 6.61 Å². The molecule has 0 aromatic carbocycles. The van der Waals surface area contributed by atoms with E-state index in [0.717, 1.165) is 0 Å². The third-order valence-electron chi connectivity index (χ3n) is 1.36. The van der Waals surface area contributed by atoms with Crippen molar-refractivity contribution in [2.75, 3.05) is 6.61 Å². The molecule has 0 bridgehead atoms. The zero-order chi connectivity index (χ0) is 12.4. The summed E-state index contributed by atoms with van der Waals surface area (Å²) >= 11 is 0. The molecule has 0 rings (SSSR count). The van der Waals surface area contributed by atoms with E-state index in [4.69, 9.17) is 5.11 Å². The number of carbonyl (C=O) groups excluding carboxylic acids is 1. The summed E-state index contributed by atoms with van der Waals surface area (Å²) in [4.78, 5) is 20.3. The second kappa shape index (κ2) is 8.99. The minimum absolute atomic E-state index is 0.176. The Kier molecular flexibility index (Phi) is 9.52. The number of carbonyl (C=O) groups is 2. The highest BCUT2D eigenvalue weighted by atomic mass is 16.5. The van der Waals surface area contributed by atoms with Gasteiger partial charge in [0.15, 0.2) is 0 Å². The molecule has 0 aromatic heterocycles. The van der Waals surface area contributed by atoms with Gasteiger partial charge >= 0.3 is 11.9 Å². The van der Waals surface area contributed by atoms with E-state index in [-0.39, 0.29) is 11.5 Å². The van der Waals surface area contributed by atoms with Gasteiger partial charge in [0.2, 0.25) is 0 Å². The van der Waals surface area contributed by atoms with Gasteiger partial charge in [-0.1, -0.05) is 20.1 Å². The van der Waals surface area contributed by atoms with E-state index in [1.165, 1.54) is 6.92 Å². The molecule has 0 fully saturated rings. The average molecular weight is 214 g/mol. The zero-order valence-corrected chi connectivity index (χ0v) is 9.50. The van der Waals surface area contributed by atoms with Gasteiger partial charge in [-0.2, -0.15) is 0 Å². The van der Waals surface area contributed by atoms with Gasteiger partial charge in [-0.3, -0.25) is 0 Å². The SMILES string of the molecule is C=C(C)C(=O)O.C=C(CC)C(=O)OCC. The van der Waals surface area contributed by atoms with Gasteiger partial charge in [0.25, 0.3) is 0 Å². The second-order valence-electron chi connectivity index (χ2n) is 2.76. The summed E-state index contributed by atoms with van der Waals surface area (Å²) in [6, 6.07) is 0. The Labute approximate surface area is 90.2 Å². The van der Waals surface area contributed by atoms with Crippen molar-refractivity contribution in [3.63, 3.8) is 0 Å². The van der Waals surface area contributed by atoms with Crippen LogP contribution in [0, 0.1) is 0 Å². The van der Waals surface area contributed by atoms with Gasteiger partial charge in [-0.25, -0.2) is 9.59 Å². The van der Waals surface area contributed by atoms with Gasteiger partial charge in [-0.05, 0) is 20.3 Å². The Hall–Kier alpha value is -1.58. The molecular weight excluding hydrogens is 196 g/mol. The third kappa shape index (κ3) is 10.3. The Balaban J connectivity index is 0. The highest BCUT2D eigenvalue weighted by molar-refractivity contribution is 5.87. The molecule has 1 N–H and O–H groups in total. The fraction of sp³-hybridized carbons (Fsp3) is 0.455. The van der Waals surface area contributed by atoms with Crippen LogP contribution in [-0.2, 0) is 14.3 Å². The Bertz CT molecular complexity index is 241. The topological polar surface area (TPSA) is 63.6 Å². The Morgan fingerprint density at radius 1 is 1.27 bits per heavy atom. The first-order chi connectivity index (χ1) is 6.86. The monoisotopic (exact) mass is 214 g/mol. The molecular formula is C11H18O4.